The van der Waals surface area contributed by atoms with E-state index >= 15 is 0 Å². The molecule has 0 bridgehead atoms. The molecule has 3 nitrogen and oxygen atoms in total. The van der Waals surface area contributed by atoms with Gasteiger partial charge < -0.3 is 10.4 Å². The SMILES string of the molecule is CSCCC(O)C(=O)NC(C)C. The fraction of sp³-hybridized carbons (Fsp3) is 0.875. The van der Waals surface area contributed by atoms with Crippen molar-refractivity contribution in [3.8, 4) is 0 Å². The highest BCUT2D eigenvalue weighted by molar-refractivity contribution is 7.98. The van der Waals surface area contributed by atoms with E-state index in [0.717, 1.165) is 5.75 Å². The number of rotatable bonds is 5. The minimum atomic E-state index is -0.847. The molecule has 0 fully saturated rings. The molecule has 0 aromatic heterocycles. The zero-order valence-corrected chi connectivity index (χ0v) is 8.65. The Morgan fingerprint density at radius 1 is 1.58 bits per heavy atom. The molecule has 0 radical (unpaired) electrons. The third kappa shape index (κ3) is 5.43. The lowest BCUT2D eigenvalue weighted by Gasteiger charge is -2.12. The summed E-state index contributed by atoms with van der Waals surface area (Å²) in [7, 11) is 0. The van der Waals surface area contributed by atoms with Crippen LogP contribution in [-0.2, 0) is 4.79 Å². The van der Waals surface area contributed by atoms with Crippen LogP contribution in [0.3, 0.4) is 0 Å². The van der Waals surface area contributed by atoms with Gasteiger partial charge in [0.25, 0.3) is 0 Å². The van der Waals surface area contributed by atoms with E-state index in [4.69, 9.17) is 0 Å². The number of carbonyl (C=O) groups excluding carboxylic acids is 1. The fourth-order valence-electron chi connectivity index (χ4n) is 0.741. The van der Waals surface area contributed by atoms with Crippen LogP contribution in [0.2, 0.25) is 0 Å². The molecule has 0 aliphatic carbocycles. The number of aliphatic hydroxyl groups excluding tert-OH is 1. The van der Waals surface area contributed by atoms with Crippen molar-refractivity contribution in [1.82, 2.24) is 5.32 Å². The van der Waals surface area contributed by atoms with Crippen LogP contribution in [0.5, 0.6) is 0 Å². The van der Waals surface area contributed by atoms with Gasteiger partial charge >= 0.3 is 0 Å². The summed E-state index contributed by atoms with van der Waals surface area (Å²) in [6.07, 6.45) is 1.63. The molecule has 0 spiro atoms. The normalized spacial score (nSPS) is 13.1. The van der Waals surface area contributed by atoms with E-state index in [-0.39, 0.29) is 11.9 Å². The van der Waals surface area contributed by atoms with Gasteiger partial charge in [0.15, 0.2) is 0 Å². The average molecular weight is 191 g/mol. The van der Waals surface area contributed by atoms with E-state index in [1.165, 1.54) is 0 Å². The molecule has 0 aromatic carbocycles. The van der Waals surface area contributed by atoms with Gasteiger partial charge in [-0.1, -0.05) is 0 Å². The maximum Gasteiger partial charge on any atom is 0.249 e. The lowest BCUT2D eigenvalue weighted by molar-refractivity contribution is -0.129. The third-order valence-corrected chi connectivity index (χ3v) is 1.97. The van der Waals surface area contributed by atoms with Crippen LogP contribution in [0.15, 0.2) is 0 Å². The number of aliphatic hydroxyl groups is 1. The summed E-state index contributed by atoms with van der Waals surface area (Å²) in [5.74, 6) is 0.547. The average Bonchev–Trinajstić information content (AvgIpc) is 1.98. The maximum atomic E-state index is 11.1. The molecular weight excluding hydrogens is 174 g/mol. The fourth-order valence-corrected chi connectivity index (χ4v) is 1.20. The van der Waals surface area contributed by atoms with Crippen molar-refractivity contribution in [2.75, 3.05) is 12.0 Å². The predicted octanol–water partition coefficient (Wildman–Crippen LogP) is 0.625. The molecule has 4 heteroatoms. The van der Waals surface area contributed by atoms with E-state index in [2.05, 4.69) is 5.32 Å². The number of nitrogens with one attached hydrogen (secondary N) is 1. The summed E-state index contributed by atoms with van der Waals surface area (Å²) >= 11 is 1.63. The van der Waals surface area contributed by atoms with E-state index in [0.29, 0.717) is 6.42 Å². The Hall–Kier alpha value is -0.220. The molecule has 0 aromatic rings. The van der Waals surface area contributed by atoms with E-state index < -0.39 is 6.10 Å². The first kappa shape index (κ1) is 11.8. The topological polar surface area (TPSA) is 49.3 Å². The van der Waals surface area contributed by atoms with Gasteiger partial charge in [0, 0.05) is 6.04 Å². The predicted molar refractivity (Wildman–Crippen MR) is 52.3 cm³/mol. The molecule has 1 atom stereocenters. The second-order valence-corrected chi connectivity index (χ2v) is 3.95. The number of hydrogen-bond donors (Lipinski definition) is 2. The van der Waals surface area contributed by atoms with Crippen LogP contribution in [0, 0.1) is 0 Å². The molecule has 0 aliphatic heterocycles. The highest BCUT2D eigenvalue weighted by atomic mass is 32.2. The van der Waals surface area contributed by atoms with Gasteiger partial charge in [0.05, 0.1) is 0 Å². The Morgan fingerprint density at radius 2 is 2.17 bits per heavy atom. The summed E-state index contributed by atoms with van der Waals surface area (Å²) < 4.78 is 0. The zero-order chi connectivity index (χ0) is 9.56. The molecule has 1 unspecified atom stereocenters. The van der Waals surface area contributed by atoms with Gasteiger partial charge in [-0.3, -0.25) is 4.79 Å². The van der Waals surface area contributed by atoms with E-state index in [1.807, 2.05) is 20.1 Å². The minimum absolute atomic E-state index is 0.0985. The summed E-state index contributed by atoms with van der Waals surface area (Å²) in [6, 6.07) is 0.0985. The Labute approximate surface area is 77.9 Å². The van der Waals surface area contributed by atoms with Crippen LogP contribution < -0.4 is 5.32 Å². The highest BCUT2D eigenvalue weighted by Gasteiger charge is 2.14. The second-order valence-electron chi connectivity index (χ2n) is 2.96. The first-order valence-electron chi connectivity index (χ1n) is 4.05. The largest absolute Gasteiger partial charge is 0.383 e. The second kappa shape index (κ2) is 6.31. The number of thioether (sulfide) groups is 1. The molecule has 72 valence electrons. The third-order valence-electron chi connectivity index (χ3n) is 1.33. The molecule has 0 rings (SSSR count). The molecule has 0 saturated carbocycles. The van der Waals surface area contributed by atoms with E-state index in [1.54, 1.807) is 11.8 Å². The van der Waals surface area contributed by atoms with Crippen LogP contribution >= 0.6 is 11.8 Å². The summed E-state index contributed by atoms with van der Waals surface area (Å²) in [5.41, 5.74) is 0. The smallest absolute Gasteiger partial charge is 0.249 e. The molecule has 0 saturated heterocycles. The maximum absolute atomic E-state index is 11.1. The van der Waals surface area contributed by atoms with Gasteiger partial charge in [-0.25, -0.2) is 0 Å². The first-order valence-corrected chi connectivity index (χ1v) is 5.44. The highest BCUT2D eigenvalue weighted by Crippen LogP contribution is 2.00. The molecule has 2 N–H and O–H groups in total. The lowest BCUT2D eigenvalue weighted by Crippen LogP contribution is -2.38. The van der Waals surface area contributed by atoms with Crippen LogP contribution in [0.1, 0.15) is 20.3 Å². The van der Waals surface area contributed by atoms with Crippen molar-refractivity contribution in [3.63, 3.8) is 0 Å². The molecule has 1 amide bonds. The molecule has 0 heterocycles. The van der Waals surface area contributed by atoms with Crippen molar-refractivity contribution in [3.05, 3.63) is 0 Å². The Balaban J connectivity index is 3.61. The molecular formula is C8H17NO2S. The van der Waals surface area contributed by atoms with Crippen molar-refractivity contribution in [2.24, 2.45) is 0 Å². The van der Waals surface area contributed by atoms with Gasteiger partial charge in [-0.15, -0.1) is 0 Å². The van der Waals surface area contributed by atoms with Gasteiger partial charge in [-0.05, 0) is 32.3 Å². The Kier molecular flexibility index (Phi) is 6.20. The van der Waals surface area contributed by atoms with Gasteiger partial charge in [0.1, 0.15) is 6.10 Å². The standard InChI is InChI=1S/C8H17NO2S/c1-6(2)9-8(11)7(10)4-5-12-3/h6-7,10H,4-5H2,1-3H3,(H,9,11). The zero-order valence-electron chi connectivity index (χ0n) is 7.83. The van der Waals surface area contributed by atoms with Gasteiger partial charge in [0.2, 0.25) is 5.91 Å². The van der Waals surface area contributed by atoms with Crippen molar-refractivity contribution in [1.29, 1.82) is 0 Å². The van der Waals surface area contributed by atoms with Crippen LogP contribution in [0.4, 0.5) is 0 Å². The number of amides is 1. The molecule has 0 aliphatic rings. The van der Waals surface area contributed by atoms with Crippen LogP contribution in [0.25, 0.3) is 0 Å². The number of carbonyl (C=O) groups is 1. The monoisotopic (exact) mass is 191 g/mol. The van der Waals surface area contributed by atoms with Crippen molar-refractivity contribution in [2.45, 2.75) is 32.4 Å². The summed E-state index contributed by atoms with van der Waals surface area (Å²) in [4.78, 5) is 11.1. The quantitative estimate of drug-likeness (QED) is 0.670. The summed E-state index contributed by atoms with van der Waals surface area (Å²) in [6.45, 7) is 3.75. The van der Waals surface area contributed by atoms with E-state index in [9.17, 15) is 9.90 Å². The Bertz CT molecular complexity index is 139. The first-order chi connectivity index (χ1) is 5.57. The van der Waals surface area contributed by atoms with Gasteiger partial charge in [-0.2, -0.15) is 11.8 Å². The number of hydrogen-bond acceptors (Lipinski definition) is 3. The summed E-state index contributed by atoms with van der Waals surface area (Å²) in [5, 5.41) is 11.9. The molecule has 12 heavy (non-hydrogen) atoms. The van der Waals surface area contributed by atoms with Crippen molar-refractivity contribution < 1.29 is 9.90 Å². The van der Waals surface area contributed by atoms with Crippen molar-refractivity contribution >= 4 is 17.7 Å². The minimum Gasteiger partial charge on any atom is -0.383 e. The van der Waals surface area contributed by atoms with Crippen LogP contribution in [-0.4, -0.2) is 35.2 Å². The Morgan fingerprint density at radius 3 is 2.58 bits per heavy atom. The lowest BCUT2D eigenvalue weighted by atomic mass is 10.2.